The minimum absolute atomic E-state index is 0.0779. The highest BCUT2D eigenvalue weighted by Crippen LogP contribution is 2.52. The fourth-order valence-corrected chi connectivity index (χ4v) is 5.08. The van der Waals surface area contributed by atoms with E-state index in [4.69, 9.17) is 14.2 Å². The third-order valence-electron chi connectivity index (χ3n) is 6.53. The minimum Gasteiger partial charge on any atom is -0.489 e. The number of fused-ring (bicyclic) bond motifs is 8. The monoisotopic (exact) mass is 399 g/mol. The topological polar surface area (TPSA) is 30.9 Å². The molecule has 0 bridgehead atoms. The van der Waals surface area contributed by atoms with Crippen LogP contribution in [-0.4, -0.2) is 17.7 Å². The number of hydrogen-bond donors (Lipinski definition) is 0. The van der Waals surface area contributed by atoms with Crippen LogP contribution in [0, 0.1) is 0 Å². The Hall–Kier alpha value is -2.82. The van der Waals surface area contributed by atoms with Gasteiger partial charge in [0.2, 0.25) is 0 Å². The first-order chi connectivity index (χ1) is 14.9. The van der Waals surface area contributed by atoms with Gasteiger partial charge in [-0.15, -0.1) is 0 Å². The lowest BCUT2D eigenvalue weighted by Crippen LogP contribution is -2.27. The number of benzene rings is 3. The van der Waals surface area contributed by atoms with Crippen molar-refractivity contribution in [2.75, 3.05) is 6.54 Å². The molecule has 3 aromatic carbocycles. The normalized spacial score (nSPS) is 25.3. The summed E-state index contributed by atoms with van der Waals surface area (Å²) in [4.78, 5) is 2.50. The van der Waals surface area contributed by atoms with Crippen molar-refractivity contribution in [2.24, 2.45) is 0 Å². The van der Waals surface area contributed by atoms with Gasteiger partial charge in [0.1, 0.15) is 37.0 Å². The van der Waals surface area contributed by atoms with Crippen molar-refractivity contribution in [3.63, 3.8) is 0 Å². The van der Waals surface area contributed by atoms with E-state index in [-0.39, 0.29) is 18.4 Å². The van der Waals surface area contributed by atoms with Crippen LogP contribution in [0.3, 0.4) is 0 Å². The molecular weight excluding hydrogens is 374 g/mol. The summed E-state index contributed by atoms with van der Waals surface area (Å²) in [7, 11) is 0. The van der Waals surface area contributed by atoms with Crippen LogP contribution in [0.1, 0.15) is 47.2 Å². The summed E-state index contributed by atoms with van der Waals surface area (Å²) in [5.74, 6) is 1.85. The van der Waals surface area contributed by atoms with Gasteiger partial charge >= 0.3 is 0 Å². The van der Waals surface area contributed by atoms with Crippen LogP contribution in [0.25, 0.3) is 0 Å². The highest BCUT2D eigenvalue weighted by Gasteiger charge is 2.47. The molecule has 0 radical (unpaired) electrons. The lowest BCUT2D eigenvalue weighted by Gasteiger charge is -2.28. The summed E-state index contributed by atoms with van der Waals surface area (Å²) in [6.45, 7) is 2.09. The Morgan fingerprint density at radius 1 is 0.700 bits per heavy atom. The summed E-state index contributed by atoms with van der Waals surface area (Å²) in [6, 6.07) is 25.2. The Morgan fingerprint density at radius 2 is 1.30 bits per heavy atom. The smallest absolute Gasteiger partial charge is 0.125 e. The van der Waals surface area contributed by atoms with E-state index < -0.39 is 0 Å². The molecule has 2 saturated heterocycles. The van der Waals surface area contributed by atoms with Crippen molar-refractivity contribution < 1.29 is 14.2 Å². The average Bonchev–Trinajstić information content (AvgIpc) is 3.38. The second kappa shape index (κ2) is 7.46. The summed E-state index contributed by atoms with van der Waals surface area (Å²) in [6.07, 6.45) is 2.32. The Morgan fingerprint density at radius 3 is 2.03 bits per heavy atom. The lowest BCUT2D eigenvalue weighted by atomic mass is 9.94. The van der Waals surface area contributed by atoms with Crippen molar-refractivity contribution in [3.8, 4) is 11.5 Å². The molecule has 2 fully saturated rings. The zero-order valence-corrected chi connectivity index (χ0v) is 16.9. The summed E-state index contributed by atoms with van der Waals surface area (Å²) >= 11 is 0. The van der Waals surface area contributed by atoms with E-state index in [0.29, 0.717) is 13.2 Å². The molecule has 0 aromatic heterocycles. The molecule has 4 nitrogen and oxygen atoms in total. The number of nitrogens with zero attached hydrogens (tertiary/aromatic N) is 1. The Balaban J connectivity index is 1.52. The quantitative estimate of drug-likeness (QED) is 0.507. The second-order valence-electron chi connectivity index (χ2n) is 8.26. The van der Waals surface area contributed by atoms with Crippen molar-refractivity contribution in [1.29, 1.82) is 0 Å². The molecule has 3 aliphatic heterocycles. The molecule has 3 aromatic rings. The second-order valence-corrected chi connectivity index (χ2v) is 8.26. The fourth-order valence-electron chi connectivity index (χ4n) is 5.08. The van der Waals surface area contributed by atoms with Gasteiger partial charge in [-0.2, -0.15) is 0 Å². The predicted octanol–water partition coefficient (Wildman–Crippen LogP) is 5.39. The van der Waals surface area contributed by atoms with E-state index in [1.807, 2.05) is 6.07 Å². The van der Waals surface area contributed by atoms with Gasteiger partial charge in [0.25, 0.3) is 0 Å². The molecule has 0 saturated carbocycles. The highest BCUT2D eigenvalue weighted by atomic mass is 16.5. The van der Waals surface area contributed by atoms with Crippen molar-refractivity contribution >= 4 is 0 Å². The number of ether oxygens (including phenoxy) is 3. The maximum atomic E-state index is 6.64. The van der Waals surface area contributed by atoms with Crippen molar-refractivity contribution in [2.45, 2.75) is 44.4 Å². The summed E-state index contributed by atoms with van der Waals surface area (Å²) < 4.78 is 19.4. The molecule has 3 heterocycles. The first kappa shape index (κ1) is 18.0. The SMILES string of the molecule is c1ccc2c(c1)COc1ccccc1[C@@H]1[C@@H](O[C@H]3CCCN31)c1ccccc1OC2. The van der Waals surface area contributed by atoms with Crippen molar-refractivity contribution in [3.05, 3.63) is 95.1 Å². The Kier molecular flexibility index (Phi) is 4.47. The summed E-state index contributed by atoms with van der Waals surface area (Å²) in [5, 5.41) is 0. The first-order valence-corrected chi connectivity index (χ1v) is 10.8. The Labute approximate surface area is 177 Å². The van der Waals surface area contributed by atoms with Gasteiger partial charge in [-0.3, -0.25) is 4.90 Å². The zero-order valence-electron chi connectivity index (χ0n) is 16.9. The maximum absolute atomic E-state index is 6.64. The molecule has 0 N–H and O–H groups in total. The third-order valence-corrected chi connectivity index (χ3v) is 6.53. The average molecular weight is 399 g/mol. The molecule has 30 heavy (non-hydrogen) atoms. The van der Waals surface area contributed by atoms with Crippen molar-refractivity contribution in [1.82, 2.24) is 4.90 Å². The summed E-state index contributed by atoms with van der Waals surface area (Å²) in [5.41, 5.74) is 4.61. The van der Waals surface area contributed by atoms with E-state index in [1.54, 1.807) is 0 Å². The molecule has 6 rings (SSSR count). The largest absolute Gasteiger partial charge is 0.489 e. The van der Waals surface area contributed by atoms with Crippen LogP contribution >= 0.6 is 0 Å². The number of hydrogen-bond acceptors (Lipinski definition) is 4. The molecule has 0 aliphatic carbocycles. The maximum Gasteiger partial charge on any atom is 0.125 e. The minimum atomic E-state index is -0.0779. The van der Waals surface area contributed by atoms with Gasteiger partial charge in [-0.25, -0.2) is 0 Å². The van der Waals surface area contributed by atoms with Crippen LogP contribution in [-0.2, 0) is 18.0 Å². The van der Waals surface area contributed by atoms with E-state index in [1.165, 1.54) is 12.0 Å². The van der Waals surface area contributed by atoms with E-state index in [9.17, 15) is 0 Å². The van der Waals surface area contributed by atoms with Crippen LogP contribution in [0.5, 0.6) is 11.5 Å². The van der Waals surface area contributed by atoms with Gasteiger partial charge in [0.15, 0.2) is 0 Å². The molecule has 3 atom stereocenters. The zero-order chi connectivity index (χ0) is 19.9. The van der Waals surface area contributed by atoms with Crippen LogP contribution < -0.4 is 9.47 Å². The van der Waals surface area contributed by atoms with E-state index in [2.05, 4.69) is 71.6 Å². The predicted molar refractivity (Wildman–Crippen MR) is 114 cm³/mol. The fraction of sp³-hybridized carbons (Fsp3) is 0.308. The number of para-hydroxylation sites is 2. The number of rotatable bonds is 0. The molecule has 3 aliphatic rings. The Bertz CT molecular complexity index is 1070. The van der Waals surface area contributed by atoms with Crippen LogP contribution in [0.4, 0.5) is 0 Å². The lowest BCUT2D eigenvalue weighted by molar-refractivity contribution is 0.0162. The third kappa shape index (κ3) is 2.99. The van der Waals surface area contributed by atoms with Crippen LogP contribution in [0.2, 0.25) is 0 Å². The highest BCUT2D eigenvalue weighted by molar-refractivity contribution is 5.43. The van der Waals surface area contributed by atoms with Gasteiger partial charge in [-0.1, -0.05) is 60.7 Å². The molecule has 0 amide bonds. The molecule has 4 heteroatoms. The van der Waals surface area contributed by atoms with E-state index in [0.717, 1.165) is 41.2 Å². The molecule has 0 spiro atoms. The molecule has 152 valence electrons. The van der Waals surface area contributed by atoms with E-state index >= 15 is 0 Å². The van der Waals surface area contributed by atoms with Gasteiger partial charge in [0, 0.05) is 17.7 Å². The van der Waals surface area contributed by atoms with Gasteiger partial charge in [-0.05, 0) is 36.1 Å². The van der Waals surface area contributed by atoms with Gasteiger partial charge < -0.3 is 14.2 Å². The molecule has 0 unspecified atom stereocenters. The first-order valence-electron chi connectivity index (χ1n) is 10.8. The van der Waals surface area contributed by atoms with Crippen LogP contribution in [0.15, 0.2) is 72.8 Å². The van der Waals surface area contributed by atoms with Gasteiger partial charge in [0.05, 0.1) is 6.04 Å². The standard InChI is InChI=1S/C26H25NO3/c1-2-9-19-17-29-23-13-6-4-11-21(23)26-25(27-15-7-14-24(27)30-26)20-10-3-5-12-22(20)28-16-18(19)8-1/h1-6,8-13,24-26H,7,14-17H2/t24-,25+,26-/m0/s1. The molecular formula is C26H25NO3.